The zero-order valence-corrected chi connectivity index (χ0v) is 11.4. The van der Waals surface area contributed by atoms with Gasteiger partial charge in [-0.05, 0) is 24.1 Å². The van der Waals surface area contributed by atoms with E-state index in [4.69, 9.17) is 9.84 Å². The molecule has 2 atom stereocenters. The Morgan fingerprint density at radius 1 is 1.42 bits per heavy atom. The van der Waals surface area contributed by atoms with Crippen LogP contribution in [0.5, 0.6) is 0 Å². The molecule has 2 unspecified atom stereocenters. The summed E-state index contributed by atoms with van der Waals surface area (Å²) in [6, 6.07) is 9.35. The minimum absolute atomic E-state index is 0.0327. The third kappa shape index (κ3) is 3.10. The second kappa shape index (κ2) is 6.62. The molecule has 1 heterocycles. The lowest BCUT2D eigenvalue weighted by atomic mass is 10.0. The topological polar surface area (TPSA) is 49.8 Å². The number of methoxy groups -OCH3 is 1. The lowest BCUT2D eigenvalue weighted by Gasteiger charge is -2.41. The highest BCUT2D eigenvalue weighted by atomic mass is 32.2. The highest BCUT2D eigenvalue weighted by Crippen LogP contribution is 2.29. The van der Waals surface area contributed by atoms with Gasteiger partial charge in [0.25, 0.3) is 5.91 Å². The van der Waals surface area contributed by atoms with E-state index in [1.807, 2.05) is 30.3 Å². The monoisotopic (exact) mass is 277 g/mol. The summed E-state index contributed by atoms with van der Waals surface area (Å²) in [6.07, 6.45) is -0.498. The van der Waals surface area contributed by atoms with Gasteiger partial charge >= 0.3 is 0 Å². The van der Waals surface area contributed by atoms with Crippen LogP contribution in [-0.2, 0) is 9.53 Å². The van der Waals surface area contributed by atoms with Crippen LogP contribution in [0.2, 0.25) is 0 Å². The third-order valence-corrected chi connectivity index (χ3v) is 3.76. The number of benzene rings is 1. The minimum Gasteiger partial charge on any atom is -0.395 e. The van der Waals surface area contributed by atoms with Crippen molar-refractivity contribution in [2.75, 3.05) is 19.5 Å². The normalized spacial score (nSPS) is 21.6. The van der Waals surface area contributed by atoms with Gasteiger partial charge in [-0.25, -0.2) is 0 Å². The van der Waals surface area contributed by atoms with Crippen molar-refractivity contribution in [3.05, 3.63) is 35.9 Å². The smallest absolute Gasteiger partial charge is 0.266 e. The van der Waals surface area contributed by atoms with Crippen LogP contribution in [0.4, 0.5) is 0 Å². The summed E-state index contributed by atoms with van der Waals surface area (Å²) < 4.78 is 6.71. The molecule has 2 rings (SSSR count). The van der Waals surface area contributed by atoms with Crippen LogP contribution in [0.25, 0.3) is 0 Å². The molecule has 5 heteroatoms. The maximum absolute atomic E-state index is 11.8. The molecule has 1 amide bonds. The largest absolute Gasteiger partial charge is 0.395 e. The molecule has 0 bridgehead atoms. The van der Waals surface area contributed by atoms with Crippen LogP contribution in [0.15, 0.2) is 30.3 Å². The maximum Gasteiger partial charge on any atom is 0.266 e. The van der Waals surface area contributed by atoms with E-state index in [1.54, 1.807) is 4.31 Å². The van der Waals surface area contributed by atoms with Gasteiger partial charge in [0.15, 0.2) is 6.10 Å². The maximum atomic E-state index is 11.8. The molecule has 1 N–H and O–H groups in total. The molecule has 100 valence electrons. The Kier molecular flexibility index (Phi) is 4.86. The Hall–Kier alpha value is -1.48. The van der Waals surface area contributed by atoms with Gasteiger partial charge in [0.2, 0.25) is 0 Å². The van der Waals surface area contributed by atoms with Crippen LogP contribution in [0.3, 0.4) is 0 Å². The van der Waals surface area contributed by atoms with Crippen molar-refractivity contribution in [2.24, 2.45) is 0 Å². The molecule has 4 nitrogen and oxygen atoms in total. The highest BCUT2D eigenvalue weighted by Gasteiger charge is 2.47. The number of carbonyl (C=O) groups is 1. The number of nitrogens with zero attached hydrogens (tertiary/aromatic N) is 1. The molecule has 1 aliphatic rings. The summed E-state index contributed by atoms with van der Waals surface area (Å²) in [5.74, 6) is 6.48. The van der Waals surface area contributed by atoms with Gasteiger partial charge in [-0.15, -0.1) is 0 Å². The van der Waals surface area contributed by atoms with Crippen molar-refractivity contribution in [2.45, 2.75) is 12.1 Å². The van der Waals surface area contributed by atoms with Crippen LogP contribution >= 0.6 is 11.9 Å². The number of aliphatic hydroxyl groups is 1. The van der Waals surface area contributed by atoms with E-state index in [0.717, 1.165) is 5.56 Å². The first kappa shape index (κ1) is 13.9. The van der Waals surface area contributed by atoms with Crippen molar-refractivity contribution in [3.8, 4) is 11.8 Å². The first-order valence-electron chi connectivity index (χ1n) is 5.94. The van der Waals surface area contributed by atoms with E-state index in [-0.39, 0.29) is 18.6 Å². The number of hydrogen-bond donors (Lipinski definition) is 1. The fourth-order valence-electron chi connectivity index (χ4n) is 1.76. The van der Waals surface area contributed by atoms with Gasteiger partial charge in [0.1, 0.15) is 6.04 Å². The Morgan fingerprint density at radius 2 is 2.16 bits per heavy atom. The number of amides is 1. The number of hydrogen-bond acceptors (Lipinski definition) is 4. The van der Waals surface area contributed by atoms with E-state index in [2.05, 4.69) is 11.8 Å². The fourth-order valence-corrected chi connectivity index (χ4v) is 2.60. The van der Waals surface area contributed by atoms with Gasteiger partial charge in [-0.2, -0.15) is 0 Å². The highest BCUT2D eigenvalue weighted by molar-refractivity contribution is 7.97. The van der Waals surface area contributed by atoms with E-state index in [1.165, 1.54) is 19.1 Å². The van der Waals surface area contributed by atoms with Crippen molar-refractivity contribution < 1.29 is 14.6 Å². The Balaban J connectivity index is 2.08. The van der Waals surface area contributed by atoms with Crippen molar-refractivity contribution in [1.29, 1.82) is 0 Å². The molecule has 0 spiro atoms. The predicted molar refractivity (Wildman–Crippen MR) is 74.3 cm³/mol. The summed E-state index contributed by atoms with van der Waals surface area (Å²) >= 11 is 1.28. The number of aliphatic hydroxyl groups excluding tert-OH is 1. The molecule has 19 heavy (non-hydrogen) atoms. The predicted octanol–water partition coefficient (Wildman–Crippen LogP) is 0.904. The molecule has 1 saturated heterocycles. The summed E-state index contributed by atoms with van der Waals surface area (Å²) in [7, 11) is 1.51. The lowest BCUT2D eigenvalue weighted by molar-refractivity contribution is -0.153. The zero-order chi connectivity index (χ0) is 13.7. The summed E-state index contributed by atoms with van der Waals surface area (Å²) in [4.78, 5) is 11.8. The van der Waals surface area contributed by atoms with E-state index in [0.29, 0.717) is 5.75 Å². The quantitative estimate of drug-likeness (QED) is 0.505. The number of ether oxygens (including phenoxy) is 1. The summed E-state index contributed by atoms with van der Waals surface area (Å²) in [5.41, 5.74) is 0.906. The van der Waals surface area contributed by atoms with Crippen LogP contribution < -0.4 is 0 Å². The molecule has 1 aliphatic heterocycles. The fraction of sp³-hybridized carbons (Fsp3) is 0.357. The SMILES string of the molecule is COC1C(=O)N(SCCO)C1C#Cc1ccccc1. The molecular formula is C14H15NO3S. The van der Waals surface area contributed by atoms with Crippen molar-refractivity contribution in [3.63, 3.8) is 0 Å². The molecule has 1 aromatic rings. The summed E-state index contributed by atoms with van der Waals surface area (Å²) in [6.45, 7) is 0.0327. The minimum atomic E-state index is -0.498. The Bertz CT molecular complexity index is 494. The Labute approximate surface area is 116 Å². The first-order valence-corrected chi connectivity index (χ1v) is 6.88. The molecule has 0 aromatic heterocycles. The third-order valence-electron chi connectivity index (χ3n) is 2.71. The molecular weight excluding hydrogens is 262 g/mol. The molecule has 0 radical (unpaired) electrons. The molecule has 0 aliphatic carbocycles. The average Bonchev–Trinajstić information content (AvgIpc) is 2.45. The first-order chi connectivity index (χ1) is 9.27. The van der Waals surface area contributed by atoms with E-state index in [9.17, 15) is 4.79 Å². The van der Waals surface area contributed by atoms with Crippen molar-refractivity contribution in [1.82, 2.24) is 4.31 Å². The standard InChI is InChI=1S/C14H15NO3S/c1-18-13-12(15(14(13)17)19-10-9-16)8-7-11-5-3-2-4-6-11/h2-6,12-13,16H,9-10H2,1H3. The van der Waals surface area contributed by atoms with E-state index >= 15 is 0 Å². The second-order valence-electron chi connectivity index (χ2n) is 3.96. The van der Waals surface area contributed by atoms with Gasteiger partial charge in [-0.3, -0.25) is 9.10 Å². The van der Waals surface area contributed by atoms with Gasteiger partial charge in [0, 0.05) is 18.4 Å². The van der Waals surface area contributed by atoms with Gasteiger partial charge in [0.05, 0.1) is 6.61 Å². The zero-order valence-electron chi connectivity index (χ0n) is 10.6. The Morgan fingerprint density at radius 3 is 2.79 bits per heavy atom. The molecule has 1 fully saturated rings. The van der Waals surface area contributed by atoms with Crippen LogP contribution in [0, 0.1) is 11.8 Å². The van der Waals surface area contributed by atoms with Gasteiger partial charge < -0.3 is 9.84 Å². The van der Waals surface area contributed by atoms with Crippen LogP contribution in [0.1, 0.15) is 5.56 Å². The number of carbonyl (C=O) groups excluding carboxylic acids is 1. The lowest BCUT2D eigenvalue weighted by Crippen LogP contribution is -2.61. The molecule has 0 saturated carbocycles. The van der Waals surface area contributed by atoms with Gasteiger partial charge in [-0.1, -0.05) is 30.0 Å². The summed E-state index contributed by atoms with van der Waals surface area (Å²) in [5, 5.41) is 8.81. The van der Waals surface area contributed by atoms with Crippen LogP contribution in [-0.4, -0.2) is 46.9 Å². The van der Waals surface area contributed by atoms with Crippen molar-refractivity contribution >= 4 is 17.9 Å². The number of rotatable bonds is 4. The number of β-lactam (4-membered cyclic amide) rings is 1. The second-order valence-corrected chi connectivity index (χ2v) is 5.02. The average molecular weight is 277 g/mol. The van der Waals surface area contributed by atoms with E-state index < -0.39 is 6.10 Å². The molecule has 1 aromatic carbocycles.